The second-order valence-electron chi connectivity index (χ2n) is 7.14. The van der Waals surface area contributed by atoms with E-state index in [0.717, 1.165) is 9.87 Å². The normalized spacial score (nSPS) is 12.1. The van der Waals surface area contributed by atoms with Crippen molar-refractivity contribution in [1.82, 2.24) is 5.32 Å². The smallest absolute Gasteiger partial charge is 0.264 e. The van der Waals surface area contributed by atoms with Crippen LogP contribution in [-0.4, -0.2) is 34.5 Å². The van der Waals surface area contributed by atoms with Crippen molar-refractivity contribution in [2.75, 3.05) is 24.5 Å². The van der Waals surface area contributed by atoms with Gasteiger partial charge in [0.05, 0.1) is 17.7 Å². The highest BCUT2D eigenvalue weighted by Gasteiger charge is 2.27. The Labute approximate surface area is 183 Å². The molecule has 3 aromatic rings. The largest absolute Gasteiger partial charge is 0.497 e. The van der Waals surface area contributed by atoms with Crippen molar-refractivity contribution in [2.24, 2.45) is 0 Å². The van der Waals surface area contributed by atoms with Crippen LogP contribution in [0.25, 0.3) is 0 Å². The van der Waals surface area contributed by atoms with Crippen molar-refractivity contribution in [1.29, 1.82) is 0 Å². The number of rotatable bonds is 9. The highest BCUT2D eigenvalue weighted by Crippen LogP contribution is 2.26. The van der Waals surface area contributed by atoms with Gasteiger partial charge in [0.2, 0.25) is 5.91 Å². The molecule has 7 heteroatoms. The lowest BCUT2D eigenvalue weighted by atomic mass is 10.0. The van der Waals surface area contributed by atoms with Crippen molar-refractivity contribution in [2.45, 2.75) is 17.7 Å². The number of nitrogens with one attached hydrogen (secondary N) is 1. The van der Waals surface area contributed by atoms with E-state index >= 15 is 0 Å². The number of carbonyl (C=O) groups is 1. The Morgan fingerprint density at radius 3 is 2.26 bits per heavy atom. The molecule has 0 saturated carbocycles. The minimum atomic E-state index is -3.95. The number of amides is 1. The molecule has 1 N–H and O–H groups in total. The average Bonchev–Trinajstić information content (AvgIpc) is 2.82. The van der Waals surface area contributed by atoms with Crippen LogP contribution >= 0.6 is 0 Å². The SMILES string of the molecule is COc1cccc(N(CC(=O)NCC(C)c2ccccc2)S(=O)(=O)c2ccccc2)c1. The molecular weight excluding hydrogens is 412 g/mol. The summed E-state index contributed by atoms with van der Waals surface area (Å²) in [5, 5.41) is 2.86. The van der Waals surface area contributed by atoms with Crippen LogP contribution in [0.2, 0.25) is 0 Å². The number of hydrogen-bond acceptors (Lipinski definition) is 4. The van der Waals surface area contributed by atoms with E-state index in [4.69, 9.17) is 4.74 Å². The van der Waals surface area contributed by atoms with Gasteiger partial charge in [-0.05, 0) is 35.7 Å². The molecule has 0 aromatic heterocycles. The van der Waals surface area contributed by atoms with E-state index in [-0.39, 0.29) is 23.3 Å². The third-order valence-corrected chi connectivity index (χ3v) is 6.72. The highest BCUT2D eigenvalue weighted by atomic mass is 32.2. The van der Waals surface area contributed by atoms with Crippen LogP contribution < -0.4 is 14.4 Å². The zero-order valence-electron chi connectivity index (χ0n) is 17.6. The summed E-state index contributed by atoms with van der Waals surface area (Å²) in [6, 6.07) is 24.6. The standard InChI is InChI=1S/C24H26N2O4S/c1-19(20-10-5-3-6-11-20)17-25-24(27)18-26(21-12-9-13-22(16-21)30-2)31(28,29)23-14-7-4-8-15-23/h3-16,19H,17-18H2,1-2H3,(H,25,27). The number of benzene rings is 3. The van der Waals surface area contributed by atoms with Gasteiger partial charge >= 0.3 is 0 Å². The van der Waals surface area contributed by atoms with Crippen molar-refractivity contribution < 1.29 is 17.9 Å². The monoisotopic (exact) mass is 438 g/mol. The molecule has 0 heterocycles. The fourth-order valence-corrected chi connectivity index (χ4v) is 4.59. The zero-order valence-corrected chi connectivity index (χ0v) is 18.4. The lowest BCUT2D eigenvalue weighted by Crippen LogP contribution is -2.41. The molecule has 1 amide bonds. The number of hydrogen-bond donors (Lipinski definition) is 1. The lowest BCUT2D eigenvalue weighted by Gasteiger charge is -2.25. The molecule has 0 radical (unpaired) electrons. The third-order valence-electron chi connectivity index (χ3n) is 4.93. The quantitative estimate of drug-likeness (QED) is 0.551. The summed E-state index contributed by atoms with van der Waals surface area (Å²) in [5.41, 5.74) is 1.46. The Bertz CT molecular complexity index is 1100. The predicted octanol–water partition coefficient (Wildman–Crippen LogP) is 3.81. The van der Waals surface area contributed by atoms with E-state index in [1.807, 2.05) is 37.3 Å². The summed E-state index contributed by atoms with van der Waals surface area (Å²) in [6.07, 6.45) is 0. The lowest BCUT2D eigenvalue weighted by molar-refractivity contribution is -0.119. The van der Waals surface area contributed by atoms with E-state index in [1.54, 1.807) is 42.5 Å². The number of sulfonamides is 1. The van der Waals surface area contributed by atoms with Gasteiger partial charge in [0.25, 0.3) is 10.0 Å². The number of carbonyl (C=O) groups excluding carboxylic acids is 1. The van der Waals surface area contributed by atoms with E-state index in [1.165, 1.54) is 19.2 Å². The Kier molecular flexibility index (Phi) is 7.31. The third kappa shape index (κ3) is 5.64. The number of ether oxygens (including phenoxy) is 1. The molecule has 0 aliphatic rings. The number of anilines is 1. The maximum Gasteiger partial charge on any atom is 0.264 e. The van der Waals surface area contributed by atoms with Gasteiger partial charge in [-0.1, -0.05) is 61.5 Å². The van der Waals surface area contributed by atoms with E-state index in [2.05, 4.69) is 5.32 Å². The van der Waals surface area contributed by atoms with Crippen LogP contribution in [0.1, 0.15) is 18.4 Å². The highest BCUT2D eigenvalue weighted by molar-refractivity contribution is 7.92. The van der Waals surface area contributed by atoms with Crippen LogP contribution in [0.3, 0.4) is 0 Å². The molecule has 31 heavy (non-hydrogen) atoms. The maximum atomic E-state index is 13.3. The van der Waals surface area contributed by atoms with Gasteiger partial charge in [-0.15, -0.1) is 0 Å². The first-order valence-electron chi connectivity index (χ1n) is 9.95. The molecular formula is C24H26N2O4S. The first kappa shape index (κ1) is 22.4. The zero-order chi connectivity index (χ0) is 22.3. The average molecular weight is 439 g/mol. The van der Waals surface area contributed by atoms with Gasteiger partial charge < -0.3 is 10.1 Å². The predicted molar refractivity (Wildman–Crippen MR) is 122 cm³/mol. The first-order valence-corrected chi connectivity index (χ1v) is 11.4. The molecule has 162 valence electrons. The van der Waals surface area contributed by atoms with Crippen LogP contribution in [0.15, 0.2) is 89.8 Å². The minimum absolute atomic E-state index is 0.0983. The van der Waals surface area contributed by atoms with Crippen LogP contribution in [0, 0.1) is 0 Å². The number of methoxy groups -OCH3 is 1. The summed E-state index contributed by atoms with van der Waals surface area (Å²) in [6.45, 7) is 2.07. The van der Waals surface area contributed by atoms with Crippen molar-refractivity contribution in [3.63, 3.8) is 0 Å². The minimum Gasteiger partial charge on any atom is -0.497 e. The first-order chi connectivity index (χ1) is 14.9. The number of nitrogens with zero attached hydrogens (tertiary/aromatic N) is 1. The Morgan fingerprint density at radius 2 is 1.61 bits per heavy atom. The van der Waals surface area contributed by atoms with Crippen LogP contribution in [0.4, 0.5) is 5.69 Å². The summed E-state index contributed by atoms with van der Waals surface area (Å²) in [7, 11) is -2.44. The van der Waals surface area contributed by atoms with Gasteiger partial charge in [-0.25, -0.2) is 8.42 Å². The molecule has 6 nitrogen and oxygen atoms in total. The molecule has 0 aliphatic carbocycles. The van der Waals surface area contributed by atoms with Crippen LogP contribution in [0.5, 0.6) is 5.75 Å². The molecule has 0 saturated heterocycles. The topological polar surface area (TPSA) is 75.7 Å². The van der Waals surface area contributed by atoms with Gasteiger partial charge in [0, 0.05) is 12.6 Å². The summed E-state index contributed by atoms with van der Waals surface area (Å²) >= 11 is 0. The van der Waals surface area contributed by atoms with Crippen molar-refractivity contribution in [3.8, 4) is 5.75 Å². The molecule has 1 atom stereocenters. The maximum absolute atomic E-state index is 13.3. The van der Waals surface area contributed by atoms with E-state index in [9.17, 15) is 13.2 Å². The molecule has 0 fully saturated rings. The second kappa shape index (κ2) is 10.1. The molecule has 3 aromatic carbocycles. The summed E-state index contributed by atoms with van der Waals surface area (Å²) in [5.74, 6) is 0.218. The fraction of sp³-hybridized carbons (Fsp3) is 0.208. The van der Waals surface area contributed by atoms with Crippen LogP contribution in [-0.2, 0) is 14.8 Å². The van der Waals surface area contributed by atoms with Crippen molar-refractivity contribution >= 4 is 21.6 Å². The summed E-state index contributed by atoms with van der Waals surface area (Å²) < 4.78 is 33.0. The van der Waals surface area contributed by atoms with Gasteiger partial charge in [0.1, 0.15) is 12.3 Å². The summed E-state index contributed by atoms with van der Waals surface area (Å²) in [4.78, 5) is 12.9. The second-order valence-corrected chi connectivity index (χ2v) is 9.00. The van der Waals surface area contributed by atoms with Crippen molar-refractivity contribution in [3.05, 3.63) is 90.5 Å². The fourth-order valence-electron chi connectivity index (χ4n) is 3.15. The van der Waals surface area contributed by atoms with E-state index in [0.29, 0.717) is 18.0 Å². The molecule has 0 bridgehead atoms. The molecule has 0 aliphatic heterocycles. The van der Waals surface area contributed by atoms with Gasteiger partial charge in [0.15, 0.2) is 0 Å². The van der Waals surface area contributed by atoms with E-state index < -0.39 is 10.0 Å². The van der Waals surface area contributed by atoms with Gasteiger partial charge in [-0.3, -0.25) is 9.10 Å². The Hall–Kier alpha value is -3.32. The molecule has 0 spiro atoms. The molecule has 3 rings (SSSR count). The Balaban J connectivity index is 1.82. The Morgan fingerprint density at radius 1 is 0.968 bits per heavy atom. The molecule has 1 unspecified atom stereocenters. The van der Waals surface area contributed by atoms with Gasteiger partial charge in [-0.2, -0.15) is 0 Å².